The Hall–Kier alpha value is -3.49. The van der Waals surface area contributed by atoms with Crippen molar-refractivity contribution in [3.8, 4) is 0 Å². The number of benzene rings is 1. The Morgan fingerprint density at radius 1 is 1.16 bits per heavy atom. The lowest BCUT2D eigenvalue weighted by Gasteiger charge is -2.36. The van der Waals surface area contributed by atoms with E-state index >= 15 is 0 Å². The highest BCUT2D eigenvalue weighted by Crippen LogP contribution is 2.45. The van der Waals surface area contributed by atoms with E-state index in [0.29, 0.717) is 41.7 Å². The molecule has 1 aliphatic heterocycles. The quantitative estimate of drug-likeness (QED) is 0.343. The first-order valence-electron chi connectivity index (χ1n) is 12.4. The molecule has 5 rings (SSSR count). The molecule has 2 atom stereocenters. The highest BCUT2D eigenvalue weighted by Gasteiger charge is 2.43. The van der Waals surface area contributed by atoms with Gasteiger partial charge in [-0.25, -0.2) is 4.79 Å². The number of allylic oxidation sites excluding steroid dienone is 3. The van der Waals surface area contributed by atoms with Gasteiger partial charge in [-0.3, -0.25) is 9.59 Å². The fourth-order valence-corrected chi connectivity index (χ4v) is 6.05. The van der Waals surface area contributed by atoms with Crippen molar-refractivity contribution in [3.05, 3.63) is 90.7 Å². The molecule has 2 aliphatic rings. The maximum atomic E-state index is 13.8. The Bertz CT molecular complexity index is 1480. The molecule has 1 N–H and O–H groups in total. The van der Waals surface area contributed by atoms with Gasteiger partial charge in [0, 0.05) is 46.4 Å². The molecule has 0 radical (unpaired) electrons. The Kier molecular flexibility index (Phi) is 7.13. The van der Waals surface area contributed by atoms with E-state index in [4.69, 9.17) is 13.9 Å². The van der Waals surface area contributed by atoms with Crippen LogP contribution in [0.3, 0.4) is 0 Å². The molecule has 192 valence electrons. The standard InChI is InChI=1S/C29H29NO6S/c1-4-34-9-10-35-29(33)25-17(3)30-21-13-18(24-6-5-11-37-24)14-22(31)27(21)26(25)20-15-36-23-8-7-16(2)12-19(23)28(20)32/h5-8,11-12,15,18,26,30H,4,9-10,13-14H2,1-3H3. The third-order valence-corrected chi connectivity index (χ3v) is 7.96. The van der Waals surface area contributed by atoms with Gasteiger partial charge in [-0.1, -0.05) is 17.7 Å². The molecule has 1 aliphatic carbocycles. The third-order valence-electron chi connectivity index (χ3n) is 6.92. The van der Waals surface area contributed by atoms with Crippen LogP contribution in [0.15, 0.2) is 73.7 Å². The molecule has 37 heavy (non-hydrogen) atoms. The molecule has 3 heterocycles. The number of nitrogens with one attached hydrogen (secondary N) is 1. The summed E-state index contributed by atoms with van der Waals surface area (Å²) in [6, 6.07) is 9.42. The monoisotopic (exact) mass is 519 g/mol. The summed E-state index contributed by atoms with van der Waals surface area (Å²) in [4.78, 5) is 42.0. The van der Waals surface area contributed by atoms with Crippen LogP contribution in [0, 0.1) is 6.92 Å². The number of fused-ring (bicyclic) bond motifs is 1. The van der Waals surface area contributed by atoms with Crippen LogP contribution in [0.5, 0.6) is 0 Å². The van der Waals surface area contributed by atoms with Crippen LogP contribution in [0.4, 0.5) is 0 Å². The molecule has 0 fully saturated rings. The molecular weight excluding hydrogens is 490 g/mol. The van der Waals surface area contributed by atoms with E-state index in [1.807, 2.05) is 37.4 Å². The number of thiophene rings is 1. The first kappa shape index (κ1) is 25.2. The van der Waals surface area contributed by atoms with Crippen molar-refractivity contribution in [2.45, 2.75) is 45.4 Å². The van der Waals surface area contributed by atoms with Crippen LogP contribution in [0.2, 0.25) is 0 Å². The number of carbonyl (C=O) groups is 2. The molecule has 3 aromatic rings. The predicted octanol–water partition coefficient (Wildman–Crippen LogP) is 5.10. The molecule has 8 heteroatoms. The Morgan fingerprint density at radius 3 is 2.76 bits per heavy atom. The van der Waals surface area contributed by atoms with Gasteiger partial charge in [0.25, 0.3) is 0 Å². The molecule has 2 unspecified atom stereocenters. The van der Waals surface area contributed by atoms with Crippen molar-refractivity contribution in [2.75, 3.05) is 19.8 Å². The first-order chi connectivity index (χ1) is 17.9. The minimum atomic E-state index is -0.881. The maximum absolute atomic E-state index is 13.8. The Balaban J connectivity index is 1.62. The van der Waals surface area contributed by atoms with Gasteiger partial charge in [-0.2, -0.15) is 0 Å². The molecule has 0 saturated heterocycles. The molecule has 2 aromatic heterocycles. The van der Waals surface area contributed by atoms with Crippen molar-refractivity contribution in [1.29, 1.82) is 0 Å². The third kappa shape index (κ3) is 4.79. The van der Waals surface area contributed by atoms with Crippen LogP contribution in [0.25, 0.3) is 11.0 Å². The van der Waals surface area contributed by atoms with E-state index < -0.39 is 11.9 Å². The molecule has 0 spiro atoms. The minimum absolute atomic E-state index is 0.0440. The zero-order valence-electron chi connectivity index (χ0n) is 21.1. The van der Waals surface area contributed by atoms with Crippen molar-refractivity contribution >= 4 is 34.1 Å². The van der Waals surface area contributed by atoms with Crippen molar-refractivity contribution in [2.24, 2.45) is 0 Å². The summed E-state index contributed by atoms with van der Waals surface area (Å²) in [5.41, 5.74) is 3.36. The lowest BCUT2D eigenvalue weighted by molar-refractivity contribution is -0.140. The largest absolute Gasteiger partial charge is 0.464 e. The smallest absolute Gasteiger partial charge is 0.336 e. The minimum Gasteiger partial charge on any atom is -0.464 e. The van der Waals surface area contributed by atoms with Gasteiger partial charge in [0.05, 0.1) is 29.7 Å². The molecule has 0 saturated carbocycles. The van der Waals surface area contributed by atoms with Crippen LogP contribution in [-0.4, -0.2) is 31.6 Å². The summed E-state index contributed by atoms with van der Waals surface area (Å²) in [6.07, 6.45) is 2.31. The maximum Gasteiger partial charge on any atom is 0.336 e. The van der Waals surface area contributed by atoms with Gasteiger partial charge in [0.15, 0.2) is 11.2 Å². The van der Waals surface area contributed by atoms with E-state index in [9.17, 15) is 14.4 Å². The number of aryl methyl sites for hydroxylation is 1. The number of hydrogen-bond acceptors (Lipinski definition) is 8. The van der Waals surface area contributed by atoms with Crippen LogP contribution in [-0.2, 0) is 19.1 Å². The zero-order valence-corrected chi connectivity index (χ0v) is 21.9. The van der Waals surface area contributed by atoms with Crippen LogP contribution >= 0.6 is 11.3 Å². The summed E-state index contributed by atoms with van der Waals surface area (Å²) in [6.45, 7) is 6.39. The number of rotatable bonds is 7. The van der Waals surface area contributed by atoms with Gasteiger partial charge in [0.1, 0.15) is 12.2 Å². The second-order valence-electron chi connectivity index (χ2n) is 9.39. The summed E-state index contributed by atoms with van der Waals surface area (Å²) in [5.74, 6) is -1.51. The van der Waals surface area contributed by atoms with E-state index in [-0.39, 0.29) is 41.5 Å². The molecule has 1 aromatic carbocycles. The molecule has 0 bridgehead atoms. The number of ketones is 1. The van der Waals surface area contributed by atoms with Crippen molar-refractivity contribution in [3.63, 3.8) is 0 Å². The second-order valence-corrected chi connectivity index (χ2v) is 10.4. The van der Waals surface area contributed by atoms with Crippen LogP contribution in [0.1, 0.15) is 54.5 Å². The van der Waals surface area contributed by atoms with E-state index in [2.05, 4.69) is 5.32 Å². The number of esters is 1. The van der Waals surface area contributed by atoms with Gasteiger partial charge >= 0.3 is 5.97 Å². The van der Waals surface area contributed by atoms with Gasteiger partial charge < -0.3 is 19.2 Å². The van der Waals surface area contributed by atoms with Gasteiger partial charge in [-0.05, 0) is 50.8 Å². The lowest BCUT2D eigenvalue weighted by atomic mass is 9.73. The molecule has 0 amide bonds. The summed E-state index contributed by atoms with van der Waals surface area (Å²) < 4.78 is 16.7. The fourth-order valence-electron chi connectivity index (χ4n) is 5.22. The number of Topliss-reactive ketones (excluding diaryl/α,β-unsaturated/α-hetero) is 1. The molecule has 7 nitrogen and oxygen atoms in total. The lowest BCUT2D eigenvalue weighted by Crippen LogP contribution is -2.37. The normalized spacial score (nSPS) is 19.7. The fraction of sp³-hybridized carbons (Fsp3) is 0.345. The predicted molar refractivity (Wildman–Crippen MR) is 142 cm³/mol. The second kappa shape index (κ2) is 10.5. The van der Waals surface area contributed by atoms with E-state index in [0.717, 1.165) is 16.1 Å². The van der Waals surface area contributed by atoms with Gasteiger partial charge in [0.2, 0.25) is 0 Å². The summed E-state index contributed by atoms with van der Waals surface area (Å²) >= 11 is 1.63. The topological polar surface area (TPSA) is 94.8 Å². The summed E-state index contributed by atoms with van der Waals surface area (Å²) in [5, 5.41) is 5.74. The van der Waals surface area contributed by atoms with Crippen LogP contribution < -0.4 is 10.7 Å². The highest BCUT2D eigenvalue weighted by molar-refractivity contribution is 7.10. The highest BCUT2D eigenvalue weighted by atomic mass is 32.1. The average Bonchev–Trinajstić information content (AvgIpc) is 3.41. The van der Waals surface area contributed by atoms with Crippen molar-refractivity contribution < 1.29 is 23.5 Å². The van der Waals surface area contributed by atoms with E-state index in [1.54, 1.807) is 30.4 Å². The van der Waals surface area contributed by atoms with Gasteiger partial charge in [-0.15, -0.1) is 11.3 Å². The number of carbonyl (C=O) groups excluding carboxylic acids is 2. The van der Waals surface area contributed by atoms with E-state index in [1.165, 1.54) is 6.26 Å². The number of dihydropyridines is 1. The Labute approximate surface area is 218 Å². The summed E-state index contributed by atoms with van der Waals surface area (Å²) in [7, 11) is 0. The SMILES string of the molecule is CCOCCOC(=O)C1=C(C)NC2=C(C(=O)CC(c3cccs3)C2)C1c1coc2ccc(C)cc2c1=O. The van der Waals surface area contributed by atoms with Crippen molar-refractivity contribution in [1.82, 2.24) is 5.32 Å². The first-order valence-corrected chi connectivity index (χ1v) is 13.3. The zero-order chi connectivity index (χ0) is 26.1. The number of hydrogen-bond donors (Lipinski definition) is 1. The average molecular weight is 520 g/mol. The number of ether oxygens (including phenoxy) is 2. The Morgan fingerprint density at radius 2 is 2.00 bits per heavy atom. The molecular formula is C29H29NO6S.